The molecular weight excluding hydrogens is 268 g/mol. The second-order valence-electron chi connectivity index (χ2n) is 5.06. The van der Waals surface area contributed by atoms with Gasteiger partial charge in [-0.15, -0.1) is 0 Å². The fourth-order valence-corrected chi connectivity index (χ4v) is 2.80. The van der Waals surface area contributed by atoms with Crippen molar-refractivity contribution in [1.29, 1.82) is 0 Å². The predicted octanol–water partition coefficient (Wildman–Crippen LogP) is 3.39. The maximum Gasteiger partial charge on any atom is 0.304 e. The average Bonchev–Trinajstić information content (AvgIpc) is 2.86. The molecule has 1 aliphatic rings. The van der Waals surface area contributed by atoms with E-state index >= 15 is 0 Å². The van der Waals surface area contributed by atoms with Crippen LogP contribution < -0.4 is 9.47 Å². The number of carboxylic acid groups (broad SMARTS) is 1. The summed E-state index contributed by atoms with van der Waals surface area (Å²) in [4.78, 5) is 11.2. The largest absolute Gasteiger partial charge is 0.497 e. The van der Waals surface area contributed by atoms with E-state index in [2.05, 4.69) is 0 Å². The van der Waals surface area contributed by atoms with E-state index in [0.717, 1.165) is 22.6 Å². The highest BCUT2D eigenvalue weighted by Crippen LogP contribution is 2.47. The predicted molar refractivity (Wildman–Crippen MR) is 77.8 cm³/mol. The first-order chi connectivity index (χ1) is 10.2. The number of benzene rings is 2. The van der Waals surface area contributed by atoms with Crippen molar-refractivity contribution in [2.75, 3.05) is 7.11 Å². The zero-order chi connectivity index (χ0) is 14.8. The van der Waals surface area contributed by atoms with Gasteiger partial charge in [0.1, 0.15) is 17.6 Å². The fourth-order valence-electron chi connectivity index (χ4n) is 2.80. The molecule has 0 aromatic heterocycles. The van der Waals surface area contributed by atoms with Crippen LogP contribution in [0.2, 0.25) is 0 Å². The number of aliphatic carboxylic acids is 1. The molecule has 0 aliphatic carbocycles. The molecule has 1 aliphatic heterocycles. The van der Waals surface area contributed by atoms with Gasteiger partial charge in [0.05, 0.1) is 13.5 Å². The van der Waals surface area contributed by atoms with Crippen LogP contribution in [0.4, 0.5) is 0 Å². The van der Waals surface area contributed by atoms with Crippen molar-refractivity contribution in [3.05, 3.63) is 59.7 Å². The molecule has 0 unspecified atom stereocenters. The minimum atomic E-state index is -0.826. The lowest BCUT2D eigenvalue weighted by Crippen LogP contribution is -2.13. The quantitative estimate of drug-likeness (QED) is 0.935. The summed E-state index contributed by atoms with van der Waals surface area (Å²) in [5, 5.41) is 9.18. The summed E-state index contributed by atoms with van der Waals surface area (Å²) in [6.45, 7) is 0. The Hall–Kier alpha value is -2.49. The molecule has 2 atom stereocenters. The van der Waals surface area contributed by atoms with Gasteiger partial charge in [-0.1, -0.05) is 30.3 Å². The number of carbonyl (C=O) groups is 1. The summed E-state index contributed by atoms with van der Waals surface area (Å²) in [5.41, 5.74) is 1.88. The first-order valence-electron chi connectivity index (χ1n) is 6.80. The van der Waals surface area contributed by atoms with Crippen LogP contribution in [-0.2, 0) is 4.79 Å². The van der Waals surface area contributed by atoms with E-state index in [1.54, 1.807) is 7.11 Å². The van der Waals surface area contributed by atoms with Gasteiger partial charge in [-0.3, -0.25) is 4.79 Å². The Bertz CT molecular complexity index is 665. The first kappa shape index (κ1) is 13.5. The standard InChI is InChI=1S/C17H16O4/c1-20-12-6-4-5-11(9-12)17-14(10-16(18)19)13-7-2-3-8-15(13)21-17/h2-9,14,17H,10H2,1H3,(H,18,19)/t14-,17+/m0/s1. The van der Waals surface area contributed by atoms with Gasteiger partial charge >= 0.3 is 5.97 Å². The van der Waals surface area contributed by atoms with Crippen molar-refractivity contribution in [2.24, 2.45) is 0 Å². The van der Waals surface area contributed by atoms with E-state index < -0.39 is 5.97 Å². The molecule has 0 spiro atoms. The van der Waals surface area contributed by atoms with Crippen LogP contribution in [0, 0.1) is 0 Å². The molecule has 0 bridgehead atoms. The first-order valence-corrected chi connectivity index (χ1v) is 6.80. The molecule has 21 heavy (non-hydrogen) atoms. The minimum absolute atomic E-state index is 0.0406. The number of hydrogen-bond acceptors (Lipinski definition) is 3. The molecule has 2 aromatic carbocycles. The SMILES string of the molecule is COc1cccc([C@H]2Oc3ccccc3[C@@H]2CC(=O)O)c1. The molecule has 0 saturated heterocycles. The lowest BCUT2D eigenvalue weighted by atomic mass is 9.88. The van der Waals surface area contributed by atoms with E-state index in [0.29, 0.717) is 0 Å². The maximum absolute atomic E-state index is 11.2. The highest BCUT2D eigenvalue weighted by molar-refractivity contribution is 5.69. The lowest BCUT2D eigenvalue weighted by Gasteiger charge is -2.18. The third kappa shape index (κ3) is 2.57. The Morgan fingerprint density at radius 1 is 1.24 bits per heavy atom. The molecule has 1 N–H and O–H groups in total. The van der Waals surface area contributed by atoms with Crippen molar-refractivity contribution in [2.45, 2.75) is 18.4 Å². The fraction of sp³-hybridized carbons (Fsp3) is 0.235. The Balaban J connectivity index is 1.99. The molecular formula is C17H16O4. The van der Waals surface area contributed by atoms with Crippen molar-refractivity contribution >= 4 is 5.97 Å². The summed E-state index contributed by atoms with van der Waals surface area (Å²) >= 11 is 0. The van der Waals surface area contributed by atoms with E-state index in [1.165, 1.54) is 0 Å². The number of rotatable bonds is 4. The topological polar surface area (TPSA) is 55.8 Å². The lowest BCUT2D eigenvalue weighted by molar-refractivity contribution is -0.137. The van der Waals surface area contributed by atoms with Crippen molar-refractivity contribution in [3.8, 4) is 11.5 Å². The molecule has 1 heterocycles. The van der Waals surface area contributed by atoms with E-state index in [1.807, 2.05) is 48.5 Å². The smallest absolute Gasteiger partial charge is 0.304 e. The monoisotopic (exact) mass is 284 g/mol. The minimum Gasteiger partial charge on any atom is -0.497 e. The van der Waals surface area contributed by atoms with Gasteiger partial charge < -0.3 is 14.6 Å². The number of para-hydroxylation sites is 1. The molecule has 108 valence electrons. The van der Waals surface area contributed by atoms with Gasteiger partial charge in [-0.05, 0) is 23.8 Å². The molecule has 3 rings (SSSR count). The van der Waals surface area contributed by atoms with E-state index in [9.17, 15) is 9.90 Å². The summed E-state index contributed by atoms with van der Waals surface area (Å²) in [6, 6.07) is 15.2. The molecule has 4 nitrogen and oxygen atoms in total. The number of ether oxygens (including phenoxy) is 2. The third-order valence-electron chi connectivity index (χ3n) is 3.75. The highest BCUT2D eigenvalue weighted by Gasteiger charge is 2.36. The molecule has 2 aromatic rings. The third-order valence-corrected chi connectivity index (χ3v) is 3.75. The van der Waals surface area contributed by atoms with Crippen LogP contribution in [0.5, 0.6) is 11.5 Å². The number of methoxy groups -OCH3 is 1. The normalized spacial score (nSPS) is 19.7. The number of hydrogen-bond donors (Lipinski definition) is 1. The number of carboxylic acids is 1. The summed E-state index contributed by atoms with van der Waals surface area (Å²) < 4.78 is 11.2. The van der Waals surface area contributed by atoms with Crippen LogP contribution in [0.25, 0.3) is 0 Å². The van der Waals surface area contributed by atoms with E-state index in [-0.39, 0.29) is 18.4 Å². The average molecular weight is 284 g/mol. The van der Waals surface area contributed by atoms with Gasteiger partial charge in [-0.2, -0.15) is 0 Å². The van der Waals surface area contributed by atoms with Crippen molar-refractivity contribution in [3.63, 3.8) is 0 Å². The van der Waals surface area contributed by atoms with E-state index in [4.69, 9.17) is 9.47 Å². The zero-order valence-electron chi connectivity index (χ0n) is 11.7. The molecule has 0 amide bonds. The molecule has 0 saturated carbocycles. The van der Waals surface area contributed by atoms with Crippen LogP contribution in [-0.4, -0.2) is 18.2 Å². The van der Waals surface area contributed by atoms with Crippen molar-refractivity contribution in [1.82, 2.24) is 0 Å². The zero-order valence-corrected chi connectivity index (χ0v) is 11.7. The Kier molecular flexibility index (Phi) is 3.52. The van der Waals surface area contributed by atoms with Gasteiger partial charge in [0.2, 0.25) is 0 Å². The van der Waals surface area contributed by atoms with Crippen LogP contribution >= 0.6 is 0 Å². The van der Waals surface area contributed by atoms with Crippen LogP contribution in [0.15, 0.2) is 48.5 Å². The van der Waals surface area contributed by atoms with Crippen LogP contribution in [0.1, 0.15) is 29.6 Å². The molecule has 0 fully saturated rings. The van der Waals surface area contributed by atoms with Gasteiger partial charge in [0.15, 0.2) is 0 Å². The van der Waals surface area contributed by atoms with Gasteiger partial charge in [-0.25, -0.2) is 0 Å². The summed E-state index contributed by atoms with van der Waals surface area (Å²) in [5.74, 6) is 0.483. The highest BCUT2D eigenvalue weighted by atomic mass is 16.5. The van der Waals surface area contributed by atoms with Crippen molar-refractivity contribution < 1.29 is 19.4 Å². The summed E-state index contributed by atoms with van der Waals surface area (Å²) in [6.07, 6.45) is -0.257. The Labute approximate surface area is 122 Å². The summed E-state index contributed by atoms with van der Waals surface area (Å²) in [7, 11) is 1.61. The van der Waals surface area contributed by atoms with Gasteiger partial charge in [0.25, 0.3) is 0 Å². The second-order valence-corrected chi connectivity index (χ2v) is 5.06. The maximum atomic E-state index is 11.2. The molecule has 0 radical (unpaired) electrons. The van der Waals surface area contributed by atoms with Gasteiger partial charge in [0, 0.05) is 11.5 Å². The Morgan fingerprint density at radius 2 is 2.05 bits per heavy atom. The second kappa shape index (κ2) is 5.48. The Morgan fingerprint density at radius 3 is 2.81 bits per heavy atom. The number of fused-ring (bicyclic) bond motifs is 1. The van der Waals surface area contributed by atoms with Crippen LogP contribution in [0.3, 0.4) is 0 Å². The molecule has 4 heteroatoms.